The maximum Gasteiger partial charge on any atom is 0.0701 e. The molecule has 0 aliphatic carbocycles. The van der Waals surface area contributed by atoms with Gasteiger partial charge in [0.1, 0.15) is 0 Å². The van der Waals surface area contributed by atoms with E-state index in [9.17, 15) is 0 Å². The van der Waals surface area contributed by atoms with Crippen molar-refractivity contribution >= 4 is 0 Å². The van der Waals surface area contributed by atoms with Crippen LogP contribution >= 0.6 is 0 Å². The van der Waals surface area contributed by atoms with Crippen molar-refractivity contribution in [2.75, 3.05) is 40.0 Å². The number of hydrogen-bond acceptors (Lipinski definition) is 3. The fourth-order valence-electron chi connectivity index (χ4n) is 1.83. The van der Waals surface area contributed by atoms with Gasteiger partial charge in [-0.05, 0) is 13.5 Å². The Kier molecular flexibility index (Phi) is 16.8. The van der Waals surface area contributed by atoms with Gasteiger partial charge in [-0.15, -0.1) is 0 Å². The van der Waals surface area contributed by atoms with Gasteiger partial charge in [0.25, 0.3) is 0 Å². The molecule has 0 rings (SSSR count). The monoisotopic (exact) mass is 259 g/mol. The molecule has 0 aliphatic rings. The van der Waals surface area contributed by atoms with Crippen LogP contribution in [0.3, 0.4) is 0 Å². The molecule has 3 nitrogen and oxygen atoms in total. The molecule has 0 aliphatic heterocycles. The smallest absolute Gasteiger partial charge is 0.0701 e. The quantitative estimate of drug-likeness (QED) is 0.457. The molecule has 0 aromatic carbocycles. The molecule has 18 heavy (non-hydrogen) atoms. The van der Waals surface area contributed by atoms with Crippen LogP contribution in [0.2, 0.25) is 0 Å². The zero-order chi connectivity index (χ0) is 13.3. The van der Waals surface area contributed by atoms with E-state index in [1.807, 2.05) is 7.05 Å². The maximum absolute atomic E-state index is 5.51. The van der Waals surface area contributed by atoms with Gasteiger partial charge in [0.05, 0.1) is 19.8 Å². The lowest BCUT2D eigenvalue weighted by Crippen LogP contribution is -2.16. The summed E-state index contributed by atoms with van der Waals surface area (Å²) in [6, 6.07) is 0. The fraction of sp³-hybridized carbons (Fsp3) is 1.00. The number of hydrogen-bond donors (Lipinski definition) is 1. The Bertz CT molecular complexity index is 126. The third kappa shape index (κ3) is 15.9. The minimum Gasteiger partial charge on any atom is -0.379 e. The van der Waals surface area contributed by atoms with Crippen molar-refractivity contribution in [2.45, 2.75) is 58.3 Å². The zero-order valence-corrected chi connectivity index (χ0v) is 12.5. The number of likely N-dealkylation sites (N-methyl/N-ethyl adjacent to an activating group) is 1. The Balaban J connectivity index is 2.86. The summed E-state index contributed by atoms with van der Waals surface area (Å²) < 4.78 is 10.9. The molecule has 0 radical (unpaired) electrons. The second-order valence-corrected chi connectivity index (χ2v) is 4.80. The molecule has 0 heterocycles. The highest BCUT2D eigenvalue weighted by Gasteiger charge is 1.93. The minimum absolute atomic E-state index is 0.721. The summed E-state index contributed by atoms with van der Waals surface area (Å²) in [7, 11) is 1.93. The molecule has 0 atom stereocenters. The molecule has 3 heteroatoms. The van der Waals surface area contributed by atoms with E-state index >= 15 is 0 Å². The molecule has 0 amide bonds. The molecular weight excluding hydrogens is 226 g/mol. The van der Waals surface area contributed by atoms with Crippen LogP contribution in [-0.2, 0) is 9.47 Å². The largest absolute Gasteiger partial charge is 0.379 e. The lowest BCUT2D eigenvalue weighted by atomic mass is 10.1. The normalized spacial score (nSPS) is 11.0. The standard InChI is InChI=1S/C15H33NO2/c1-3-4-5-6-7-8-9-10-12-17-14-15-18-13-11-16-2/h16H,3-15H2,1-2H3. The van der Waals surface area contributed by atoms with Crippen LogP contribution in [0.25, 0.3) is 0 Å². The first-order valence-corrected chi connectivity index (χ1v) is 7.72. The first-order valence-electron chi connectivity index (χ1n) is 7.72. The topological polar surface area (TPSA) is 30.5 Å². The van der Waals surface area contributed by atoms with E-state index in [4.69, 9.17) is 9.47 Å². The van der Waals surface area contributed by atoms with Gasteiger partial charge in [-0.3, -0.25) is 0 Å². The van der Waals surface area contributed by atoms with Gasteiger partial charge in [0.2, 0.25) is 0 Å². The summed E-state index contributed by atoms with van der Waals surface area (Å²) in [5.74, 6) is 0. The highest BCUT2D eigenvalue weighted by atomic mass is 16.5. The number of unbranched alkanes of at least 4 members (excludes halogenated alkanes) is 7. The molecule has 0 fully saturated rings. The second-order valence-electron chi connectivity index (χ2n) is 4.80. The zero-order valence-electron chi connectivity index (χ0n) is 12.5. The van der Waals surface area contributed by atoms with Crippen LogP contribution in [0, 0.1) is 0 Å². The van der Waals surface area contributed by atoms with Crippen LogP contribution in [0.5, 0.6) is 0 Å². The van der Waals surface area contributed by atoms with Crippen molar-refractivity contribution in [1.29, 1.82) is 0 Å². The lowest BCUT2D eigenvalue weighted by Gasteiger charge is -2.05. The number of nitrogens with one attached hydrogen (secondary N) is 1. The highest BCUT2D eigenvalue weighted by molar-refractivity contribution is 4.46. The molecule has 0 saturated carbocycles. The first-order chi connectivity index (χ1) is 8.91. The molecule has 0 bridgehead atoms. The predicted molar refractivity (Wildman–Crippen MR) is 78.2 cm³/mol. The molecule has 0 spiro atoms. The van der Waals surface area contributed by atoms with Crippen molar-refractivity contribution in [1.82, 2.24) is 5.32 Å². The van der Waals surface area contributed by atoms with Gasteiger partial charge < -0.3 is 14.8 Å². The number of rotatable bonds is 15. The van der Waals surface area contributed by atoms with E-state index in [0.717, 1.165) is 33.0 Å². The van der Waals surface area contributed by atoms with E-state index in [2.05, 4.69) is 12.2 Å². The summed E-state index contributed by atoms with van der Waals surface area (Å²) in [5, 5.41) is 3.05. The van der Waals surface area contributed by atoms with E-state index < -0.39 is 0 Å². The van der Waals surface area contributed by atoms with Gasteiger partial charge >= 0.3 is 0 Å². The SMILES string of the molecule is CCCCCCCCCCOCCOCCNC. The second kappa shape index (κ2) is 16.9. The van der Waals surface area contributed by atoms with Gasteiger partial charge in [-0.2, -0.15) is 0 Å². The Labute approximate surface area is 114 Å². The van der Waals surface area contributed by atoms with Crippen molar-refractivity contribution in [2.24, 2.45) is 0 Å². The highest BCUT2D eigenvalue weighted by Crippen LogP contribution is 2.08. The third-order valence-corrected chi connectivity index (χ3v) is 3.01. The summed E-state index contributed by atoms with van der Waals surface area (Å²) in [6.45, 7) is 6.30. The molecule has 0 unspecified atom stereocenters. The predicted octanol–water partition coefficient (Wildman–Crippen LogP) is 3.38. The van der Waals surface area contributed by atoms with Gasteiger partial charge in [0.15, 0.2) is 0 Å². The van der Waals surface area contributed by atoms with Crippen molar-refractivity contribution < 1.29 is 9.47 Å². The Morgan fingerprint density at radius 1 is 0.667 bits per heavy atom. The molecule has 1 N–H and O–H groups in total. The third-order valence-electron chi connectivity index (χ3n) is 3.01. The van der Waals surface area contributed by atoms with E-state index in [-0.39, 0.29) is 0 Å². The fourth-order valence-corrected chi connectivity index (χ4v) is 1.83. The van der Waals surface area contributed by atoms with Gasteiger partial charge in [-0.1, -0.05) is 51.9 Å². The molecule has 0 aromatic rings. The van der Waals surface area contributed by atoms with Gasteiger partial charge in [-0.25, -0.2) is 0 Å². The minimum atomic E-state index is 0.721. The van der Waals surface area contributed by atoms with E-state index in [1.165, 1.54) is 51.4 Å². The van der Waals surface area contributed by atoms with Crippen molar-refractivity contribution in [3.8, 4) is 0 Å². The van der Waals surface area contributed by atoms with E-state index in [1.54, 1.807) is 0 Å². The van der Waals surface area contributed by atoms with Crippen LogP contribution < -0.4 is 5.32 Å². The summed E-state index contributed by atoms with van der Waals surface area (Å²) in [6.07, 6.45) is 10.8. The molecule has 110 valence electrons. The molecule has 0 saturated heterocycles. The van der Waals surface area contributed by atoms with E-state index in [0.29, 0.717) is 0 Å². The van der Waals surface area contributed by atoms with Crippen LogP contribution in [0.4, 0.5) is 0 Å². The molecular formula is C15H33NO2. The first kappa shape index (κ1) is 17.9. The average Bonchev–Trinajstić information content (AvgIpc) is 2.39. The van der Waals surface area contributed by atoms with Crippen molar-refractivity contribution in [3.63, 3.8) is 0 Å². The van der Waals surface area contributed by atoms with Crippen molar-refractivity contribution in [3.05, 3.63) is 0 Å². The Morgan fingerprint density at radius 3 is 1.83 bits per heavy atom. The Hall–Kier alpha value is -0.120. The average molecular weight is 259 g/mol. The van der Waals surface area contributed by atoms with Gasteiger partial charge in [0, 0.05) is 13.2 Å². The van der Waals surface area contributed by atoms with Crippen LogP contribution in [-0.4, -0.2) is 40.0 Å². The molecule has 0 aromatic heterocycles. The van der Waals surface area contributed by atoms with Crippen LogP contribution in [0.1, 0.15) is 58.3 Å². The summed E-state index contributed by atoms with van der Waals surface area (Å²) in [5.41, 5.74) is 0. The van der Waals surface area contributed by atoms with Crippen LogP contribution in [0.15, 0.2) is 0 Å². The lowest BCUT2D eigenvalue weighted by molar-refractivity contribution is 0.0477. The summed E-state index contributed by atoms with van der Waals surface area (Å²) >= 11 is 0. The number of ether oxygens (including phenoxy) is 2. The maximum atomic E-state index is 5.51. The summed E-state index contributed by atoms with van der Waals surface area (Å²) in [4.78, 5) is 0. The Morgan fingerprint density at radius 2 is 1.22 bits per heavy atom.